The number of thiazole rings is 1. The predicted octanol–water partition coefficient (Wildman–Crippen LogP) is 3.82. The van der Waals surface area contributed by atoms with Gasteiger partial charge < -0.3 is 14.0 Å². The van der Waals surface area contributed by atoms with Crippen molar-refractivity contribution in [2.45, 2.75) is 13.5 Å². The molecule has 0 aliphatic carbocycles. The minimum Gasteiger partial charge on any atom is -0.484 e. The fourth-order valence-electron chi connectivity index (χ4n) is 2.60. The van der Waals surface area contributed by atoms with E-state index in [1.807, 2.05) is 29.7 Å². The lowest BCUT2D eigenvalue weighted by Crippen LogP contribution is -2.21. The molecule has 3 aromatic rings. The number of halogens is 1. The van der Waals surface area contributed by atoms with Gasteiger partial charge in [0, 0.05) is 18.7 Å². The molecule has 0 saturated carbocycles. The number of nitrogens with zero attached hydrogens (tertiary/aromatic N) is 2. The first kappa shape index (κ1) is 18.6. The van der Waals surface area contributed by atoms with E-state index in [9.17, 15) is 4.79 Å². The fourth-order valence-corrected chi connectivity index (χ4v) is 3.87. The molecule has 0 unspecified atom stereocenters. The second-order valence-corrected chi connectivity index (χ2v) is 7.14. The molecule has 3 rings (SSSR count). The van der Waals surface area contributed by atoms with E-state index in [1.54, 1.807) is 31.4 Å². The van der Waals surface area contributed by atoms with Crippen molar-refractivity contribution in [2.75, 3.05) is 20.3 Å². The summed E-state index contributed by atoms with van der Waals surface area (Å²) in [5.41, 5.74) is 2.22. The predicted molar refractivity (Wildman–Crippen MR) is 104 cm³/mol. The molecule has 0 bridgehead atoms. The van der Waals surface area contributed by atoms with E-state index >= 15 is 0 Å². The monoisotopic (exact) mass is 390 g/mol. The van der Waals surface area contributed by atoms with Crippen LogP contribution < -0.4 is 9.54 Å². The van der Waals surface area contributed by atoms with Gasteiger partial charge in [-0.2, -0.15) is 4.99 Å². The van der Waals surface area contributed by atoms with Crippen LogP contribution in [0.25, 0.3) is 10.2 Å². The second kappa shape index (κ2) is 8.49. The lowest BCUT2D eigenvalue weighted by molar-refractivity contribution is -0.120. The number of aryl methyl sites for hydroxylation is 1. The molecule has 5 nitrogen and oxygen atoms in total. The number of amides is 1. The zero-order valence-corrected chi connectivity index (χ0v) is 16.1. The van der Waals surface area contributed by atoms with Crippen LogP contribution in [0.4, 0.5) is 0 Å². The Balaban J connectivity index is 1.86. The number of hydrogen-bond acceptors (Lipinski definition) is 4. The van der Waals surface area contributed by atoms with Crippen LogP contribution in [0.1, 0.15) is 5.56 Å². The zero-order valence-electron chi connectivity index (χ0n) is 14.6. The highest BCUT2D eigenvalue weighted by atomic mass is 35.5. The summed E-state index contributed by atoms with van der Waals surface area (Å²) in [4.78, 5) is 17.2. The van der Waals surface area contributed by atoms with Gasteiger partial charge in [-0.25, -0.2) is 0 Å². The van der Waals surface area contributed by atoms with Crippen molar-refractivity contribution < 1.29 is 14.3 Å². The van der Waals surface area contributed by atoms with Crippen molar-refractivity contribution in [2.24, 2.45) is 4.99 Å². The summed E-state index contributed by atoms with van der Waals surface area (Å²) in [6, 6.07) is 13.0. The third-order valence-corrected chi connectivity index (χ3v) is 5.11. The molecule has 1 aromatic heterocycles. The lowest BCUT2D eigenvalue weighted by Gasteiger charge is -2.06. The lowest BCUT2D eigenvalue weighted by atomic mass is 10.2. The van der Waals surface area contributed by atoms with E-state index in [2.05, 4.69) is 4.99 Å². The highest BCUT2D eigenvalue weighted by Gasteiger charge is 2.10. The van der Waals surface area contributed by atoms with Crippen LogP contribution in [-0.2, 0) is 16.1 Å². The summed E-state index contributed by atoms with van der Waals surface area (Å²) < 4.78 is 13.8. The van der Waals surface area contributed by atoms with Crippen LogP contribution in [0.3, 0.4) is 0 Å². The van der Waals surface area contributed by atoms with Crippen molar-refractivity contribution in [3.8, 4) is 5.75 Å². The Kier molecular flexibility index (Phi) is 6.08. The molecule has 1 amide bonds. The van der Waals surface area contributed by atoms with Gasteiger partial charge in [-0.1, -0.05) is 35.1 Å². The molecule has 0 radical (unpaired) electrons. The van der Waals surface area contributed by atoms with E-state index < -0.39 is 0 Å². The van der Waals surface area contributed by atoms with Crippen LogP contribution >= 0.6 is 22.9 Å². The van der Waals surface area contributed by atoms with E-state index in [0.29, 0.717) is 28.7 Å². The number of methoxy groups -OCH3 is 1. The van der Waals surface area contributed by atoms with E-state index in [4.69, 9.17) is 21.1 Å². The van der Waals surface area contributed by atoms with E-state index in [1.165, 1.54) is 11.3 Å². The maximum Gasteiger partial charge on any atom is 0.286 e. The number of carbonyl (C=O) groups is 1. The second-order valence-electron chi connectivity index (χ2n) is 5.70. The molecule has 1 heterocycles. The van der Waals surface area contributed by atoms with Crippen molar-refractivity contribution in [3.05, 3.63) is 57.9 Å². The van der Waals surface area contributed by atoms with Gasteiger partial charge >= 0.3 is 0 Å². The van der Waals surface area contributed by atoms with Gasteiger partial charge in [0.05, 0.1) is 16.8 Å². The van der Waals surface area contributed by atoms with Gasteiger partial charge in [0.15, 0.2) is 11.4 Å². The summed E-state index contributed by atoms with van der Waals surface area (Å²) >= 11 is 7.33. The van der Waals surface area contributed by atoms with Gasteiger partial charge in [-0.3, -0.25) is 4.79 Å². The van der Waals surface area contributed by atoms with Crippen LogP contribution in [0, 0.1) is 6.92 Å². The number of fused-ring (bicyclic) bond motifs is 1. The number of hydrogen-bond donors (Lipinski definition) is 0. The summed E-state index contributed by atoms with van der Waals surface area (Å²) in [5.74, 6) is 0.243. The molecule has 7 heteroatoms. The molecule has 0 saturated heterocycles. The van der Waals surface area contributed by atoms with E-state index in [0.717, 1.165) is 15.8 Å². The van der Waals surface area contributed by atoms with Gasteiger partial charge in [0.25, 0.3) is 5.91 Å². The molecule has 0 spiro atoms. The first-order chi connectivity index (χ1) is 12.6. The average molecular weight is 391 g/mol. The number of ether oxygens (including phenoxy) is 2. The number of rotatable bonds is 6. The van der Waals surface area contributed by atoms with Crippen molar-refractivity contribution in [1.29, 1.82) is 0 Å². The van der Waals surface area contributed by atoms with Crippen LogP contribution in [0.15, 0.2) is 47.5 Å². The molecule has 0 N–H and O–H groups in total. The Morgan fingerprint density at radius 3 is 2.73 bits per heavy atom. The maximum absolute atomic E-state index is 12.3. The summed E-state index contributed by atoms with van der Waals surface area (Å²) in [7, 11) is 1.66. The van der Waals surface area contributed by atoms with E-state index in [-0.39, 0.29) is 12.5 Å². The maximum atomic E-state index is 12.3. The molecular weight excluding hydrogens is 372 g/mol. The Morgan fingerprint density at radius 1 is 1.23 bits per heavy atom. The Morgan fingerprint density at radius 2 is 2.00 bits per heavy atom. The van der Waals surface area contributed by atoms with Crippen molar-refractivity contribution >= 4 is 39.1 Å². The molecule has 0 aliphatic heterocycles. The smallest absolute Gasteiger partial charge is 0.286 e. The molecule has 26 heavy (non-hydrogen) atoms. The number of aromatic nitrogens is 1. The highest BCUT2D eigenvalue weighted by Crippen LogP contribution is 2.21. The summed E-state index contributed by atoms with van der Waals surface area (Å²) in [5, 5.41) is 0.619. The van der Waals surface area contributed by atoms with Crippen molar-refractivity contribution in [3.63, 3.8) is 0 Å². The third kappa shape index (κ3) is 4.33. The van der Waals surface area contributed by atoms with Gasteiger partial charge in [-0.05, 0) is 42.8 Å². The quantitative estimate of drug-likeness (QED) is 0.643. The summed E-state index contributed by atoms with van der Waals surface area (Å²) in [6.45, 7) is 3.10. The van der Waals surface area contributed by atoms with Crippen molar-refractivity contribution in [1.82, 2.24) is 4.57 Å². The van der Waals surface area contributed by atoms with Crippen LogP contribution in [0.2, 0.25) is 5.02 Å². The molecule has 0 fully saturated rings. The number of para-hydroxylation sites is 1. The SMILES string of the molecule is COCCn1c(=NC(=O)COc2ccc(Cl)cc2)sc2cccc(C)c21. The molecular formula is C19H19ClN2O3S. The first-order valence-electron chi connectivity index (χ1n) is 8.12. The normalized spacial score (nSPS) is 11.9. The van der Waals surface area contributed by atoms with Gasteiger partial charge in [-0.15, -0.1) is 0 Å². The first-order valence-corrected chi connectivity index (χ1v) is 9.32. The minimum atomic E-state index is -0.338. The van der Waals surface area contributed by atoms with Gasteiger partial charge in [0.2, 0.25) is 0 Å². The number of carbonyl (C=O) groups excluding carboxylic acids is 1. The highest BCUT2D eigenvalue weighted by molar-refractivity contribution is 7.16. The molecule has 0 atom stereocenters. The van der Waals surface area contributed by atoms with Crippen LogP contribution in [-0.4, -0.2) is 30.8 Å². The Bertz CT molecular complexity index is 977. The van der Waals surface area contributed by atoms with Gasteiger partial charge in [0.1, 0.15) is 5.75 Å². The topological polar surface area (TPSA) is 52.8 Å². The standard InChI is InChI=1S/C19H19ClN2O3S/c1-13-4-3-5-16-18(13)22(10-11-24-2)19(26-16)21-17(23)12-25-15-8-6-14(20)7-9-15/h3-9H,10-12H2,1-2H3. The molecule has 0 aliphatic rings. The minimum absolute atomic E-state index is 0.126. The Labute approximate surface area is 160 Å². The number of benzene rings is 2. The average Bonchev–Trinajstić information content (AvgIpc) is 2.98. The molecule has 2 aromatic carbocycles. The Hall–Kier alpha value is -2.15. The van der Waals surface area contributed by atoms with Crippen LogP contribution in [0.5, 0.6) is 5.75 Å². The third-order valence-electron chi connectivity index (χ3n) is 3.82. The summed E-state index contributed by atoms with van der Waals surface area (Å²) in [6.07, 6.45) is 0. The molecule has 136 valence electrons. The fraction of sp³-hybridized carbons (Fsp3) is 0.263. The zero-order chi connectivity index (χ0) is 18.5. The largest absolute Gasteiger partial charge is 0.484 e.